The summed E-state index contributed by atoms with van der Waals surface area (Å²) in [4.78, 5) is 24.5. The number of benzene rings is 4. The molecule has 0 saturated carbocycles. The van der Waals surface area contributed by atoms with Gasteiger partial charge in [0.1, 0.15) is 11.7 Å². The normalized spacial score (nSPS) is 21.1. The number of fused-ring (bicyclic) bond motifs is 3. The van der Waals surface area contributed by atoms with Crippen LogP contribution in [-0.4, -0.2) is 49.9 Å². The van der Waals surface area contributed by atoms with Gasteiger partial charge in [-0.3, -0.25) is 9.36 Å². The van der Waals surface area contributed by atoms with Crippen molar-refractivity contribution in [2.75, 3.05) is 12.3 Å². The second kappa shape index (κ2) is 13.1. The van der Waals surface area contributed by atoms with E-state index in [2.05, 4.69) is 45.3 Å². The molecule has 10 nitrogen and oxygen atoms in total. The quantitative estimate of drug-likeness (QED) is 0.102. The first kappa shape index (κ1) is 31.4. The van der Waals surface area contributed by atoms with Gasteiger partial charge in [-0.1, -0.05) is 84.9 Å². The number of nitrogen functional groups attached to an aromatic ring is 1. The average molecular weight is 648 g/mol. The molecule has 6 aromatic rings. The lowest BCUT2D eigenvalue weighted by atomic mass is 9.94. The Morgan fingerprint density at radius 1 is 0.958 bits per heavy atom. The van der Waals surface area contributed by atoms with Crippen molar-refractivity contribution in [1.82, 2.24) is 19.5 Å². The van der Waals surface area contributed by atoms with E-state index < -0.39 is 36.1 Å². The Morgan fingerprint density at radius 2 is 1.60 bits per heavy atom. The molecule has 2 N–H and O–H groups in total. The van der Waals surface area contributed by atoms with Crippen LogP contribution in [0.3, 0.4) is 0 Å². The Labute approximate surface area is 275 Å². The molecule has 0 amide bonds. The Balaban J connectivity index is 1.26. The first-order chi connectivity index (χ1) is 23.3. The van der Waals surface area contributed by atoms with Crippen LogP contribution in [0.25, 0.3) is 32.7 Å². The molecule has 0 aliphatic carbocycles. The third-order valence-electron chi connectivity index (χ3n) is 8.50. The lowest BCUT2D eigenvalue weighted by Crippen LogP contribution is -2.48. The topological polar surface area (TPSA) is 124 Å². The number of carbonyl (C=O) groups is 1. The van der Waals surface area contributed by atoms with Crippen LogP contribution in [-0.2, 0) is 37.0 Å². The highest BCUT2D eigenvalue weighted by molar-refractivity contribution is 5.84. The fourth-order valence-corrected chi connectivity index (χ4v) is 6.40. The highest BCUT2D eigenvalue weighted by Crippen LogP contribution is 2.44. The van der Waals surface area contributed by atoms with Crippen molar-refractivity contribution >= 4 is 44.5 Å². The SMILES string of the molecule is C/C=C/[C@]1(COCc2ccc3ccccc3c2)O[C@@H](n2cnc3c(N)nc(F)nc32)[C@H](OC(C)=O)[C@@H]1OCc1ccc2ccccc2c1. The Hall–Kier alpha value is -5.23. The van der Waals surface area contributed by atoms with Gasteiger partial charge >= 0.3 is 12.0 Å². The molecule has 4 aromatic carbocycles. The summed E-state index contributed by atoms with van der Waals surface area (Å²) in [5.41, 5.74) is 6.89. The van der Waals surface area contributed by atoms with Gasteiger partial charge in [0, 0.05) is 6.92 Å². The van der Waals surface area contributed by atoms with E-state index in [1.165, 1.54) is 17.8 Å². The van der Waals surface area contributed by atoms with Crippen LogP contribution in [0.5, 0.6) is 0 Å². The molecule has 0 spiro atoms. The standard InChI is InChI=1S/C37H34FN5O5/c1-3-16-37(21-45-19-24-12-14-26-8-4-6-10-28(26)17-24)32(46-20-25-13-15-27-9-5-7-11-29(27)18-25)31(47-23(2)44)35(48-37)43-22-40-30-33(39)41-36(38)42-34(30)43/h3-18,22,31-32,35H,19-21H2,1-2H3,(H2,39,41,42)/b16-3+/t31-,32+,35-,37-/m1/s1. The summed E-state index contributed by atoms with van der Waals surface area (Å²) < 4.78 is 41.7. The van der Waals surface area contributed by atoms with Crippen molar-refractivity contribution in [1.29, 1.82) is 0 Å². The number of esters is 1. The van der Waals surface area contributed by atoms with Gasteiger partial charge in [-0.05, 0) is 51.7 Å². The summed E-state index contributed by atoms with van der Waals surface area (Å²) in [6, 6.07) is 28.4. The number of ether oxygens (including phenoxy) is 4. The number of carbonyl (C=O) groups excluding carboxylic acids is 1. The van der Waals surface area contributed by atoms with Crippen LogP contribution in [0.2, 0.25) is 0 Å². The molecule has 48 heavy (non-hydrogen) atoms. The maximum Gasteiger partial charge on any atom is 0.312 e. The van der Waals surface area contributed by atoms with Gasteiger partial charge in [0.2, 0.25) is 0 Å². The van der Waals surface area contributed by atoms with E-state index in [0.29, 0.717) is 0 Å². The number of anilines is 1. The number of nitrogens with zero attached hydrogens (tertiary/aromatic N) is 4. The van der Waals surface area contributed by atoms with Crippen molar-refractivity contribution in [3.63, 3.8) is 0 Å². The molecule has 4 atom stereocenters. The third kappa shape index (κ3) is 6.11. The molecule has 1 fully saturated rings. The molecule has 2 aromatic heterocycles. The fourth-order valence-electron chi connectivity index (χ4n) is 6.40. The number of allylic oxidation sites excluding steroid dienone is 1. The maximum atomic E-state index is 14.4. The lowest BCUT2D eigenvalue weighted by Gasteiger charge is -2.32. The van der Waals surface area contributed by atoms with Crippen LogP contribution in [0, 0.1) is 6.08 Å². The average Bonchev–Trinajstić information content (AvgIpc) is 3.62. The van der Waals surface area contributed by atoms with Crippen molar-refractivity contribution < 1.29 is 28.1 Å². The lowest BCUT2D eigenvalue weighted by molar-refractivity contribution is -0.158. The van der Waals surface area contributed by atoms with E-state index in [0.717, 1.165) is 32.7 Å². The molecule has 11 heteroatoms. The van der Waals surface area contributed by atoms with Crippen LogP contribution in [0.1, 0.15) is 31.2 Å². The molecule has 0 bridgehead atoms. The van der Waals surface area contributed by atoms with Gasteiger partial charge in [0.15, 0.2) is 29.3 Å². The third-order valence-corrected chi connectivity index (χ3v) is 8.50. The van der Waals surface area contributed by atoms with E-state index in [1.54, 1.807) is 0 Å². The molecular weight excluding hydrogens is 613 g/mol. The molecule has 7 rings (SSSR count). The fraction of sp³-hybridized carbons (Fsp3) is 0.243. The largest absolute Gasteiger partial charge is 0.455 e. The van der Waals surface area contributed by atoms with E-state index in [4.69, 9.17) is 24.7 Å². The molecule has 1 aliphatic rings. The monoisotopic (exact) mass is 647 g/mol. The van der Waals surface area contributed by atoms with Gasteiger partial charge in [-0.15, -0.1) is 0 Å². The molecule has 1 saturated heterocycles. The number of nitrogens with two attached hydrogens (primary N) is 1. The number of rotatable bonds is 10. The molecule has 0 radical (unpaired) electrons. The van der Waals surface area contributed by atoms with Gasteiger partial charge in [-0.2, -0.15) is 14.4 Å². The predicted octanol–water partition coefficient (Wildman–Crippen LogP) is 6.43. The van der Waals surface area contributed by atoms with Crippen molar-refractivity contribution in [3.05, 3.63) is 121 Å². The molecular formula is C37H34FN5O5. The summed E-state index contributed by atoms with van der Waals surface area (Å²) in [5.74, 6) is -0.674. The molecule has 0 unspecified atom stereocenters. The minimum absolute atomic E-state index is 0.0406. The molecule has 1 aliphatic heterocycles. The first-order valence-corrected chi connectivity index (χ1v) is 15.6. The van der Waals surface area contributed by atoms with Crippen LogP contribution >= 0.6 is 0 Å². The maximum absolute atomic E-state index is 14.4. The van der Waals surface area contributed by atoms with Crippen molar-refractivity contribution in [2.24, 2.45) is 0 Å². The molecule has 244 valence electrons. The summed E-state index contributed by atoms with van der Waals surface area (Å²) in [6.45, 7) is 3.69. The second-order valence-corrected chi connectivity index (χ2v) is 11.8. The van der Waals surface area contributed by atoms with Gasteiger partial charge in [-0.25, -0.2) is 4.98 Å². The van der Waals surface area contributed by atoms with Crippen LogP contribution in [0.4, 0.5) is 10.2 Å². The summed E-state index contributed by atoms with van der Waals surface area (Å²) in [6.07, 6.45) is 1.16. The number of hydrogen-bond acceptors (Lipinski definition) is 9. The number of halogens is 1. The zero-order chi connectivity index (χ0) is 33.3. The highest BCUT2D eigenvalue weighted by atomic mass is 19.1. The minimum Gasteiger partial charge on any atom is -0.455 e. The smallest absolute Gasteiger partial charge is 0.312 e. The van der Waals surface area contributed by atoms with Crippen LogP contribution in [0.15, 0.2) is 103 Å². The summed E-state index contributed by atoms with van der Waals surface area (Å²) in [7, 11) is 0. The zero-order valence-electron chi connectivity index (χ0n) is 26.5. The van der Waals surface area contributed by atoms with Crippen molar-refractivity contribution in [2.45, 2.75) is 51.1 Å². The number of imidazole rings is 1. The Morgan fingerprint density at radius 3 is 2.25 bits per heavy atom. The predicted molar refractivity (Wildman–Crippen MR) is 179 cm³/mol. The molecule has 3 heterocycles. The zero-order valence-corrected chi connectivity index (χ0v) is 26.5. The number of hydrogen-bond donors (Lipinski definition) is 1. The second-order valence-electron chi connectivity index (χ2n) is 11.8. The Kier molecular flexibility index (Phi) is 8.57. The minimum atomic E-state index is -1.25. The van der Waals surface area contributed by atoms with E-state index in [1.807, 2.05) is 73.7 Å². The summed E-state index contributed by atoms with van der Waals surface area (Å²) >= 11 is 0. The first-order valence-electron chi connectivity index (χ1n) is 15.6. The van der Waals surface area contributed by atoms with Crippen molar-refractivity contribution in [3.8, 4) is 0 Å². The van der Waals surface area contributed by atoms with E-state index in [-0.39, 0.29) is 36.8 Å². The van der Waals surface area contributed by atoms with Gasteiger partial charge in [0.05, 0.1) is 26.1 Å². The van der Waals surface area contributed by atoms with E-state index >= 15 is 0 Å². The Bertz CT molecular complexity index is 2150. The van der Waals surface area contributed by atoms with Gasteiger partial charge in [0.25, 0.3) is 0 Å². The van der Waals surface area contributed by atoms with E-state index in [9.17, 15) is 9.18 Å². The number of aromatic nitrogens is 4. The van der Waals surface area contributed by atoms with Gasteiger partial charge < -0.3 is 24.7 Å². The summed E-state index contributed by atoms with van der Waals surface area (Å²) in [5, 5.41) is 4.41. The van der Waals surface area contributed by atoms with Crippen LogP contribution < -0.4 is 5.73 Å². The highest BCUT2D eigenvalue weighted by Gasteiger charge is 2.58.